The van der Waals surface area contributed by atoms with Gasteiger partial charge in [0, 0.05) is 22.5 Å². The summed E-state index contributed by atoms with van der Waals surface area (Å²) in [7, 11) is 0. The summed E-state index contributed by atoms with van der Waals surface area (Å²) in [6.07, 6.45) is 1.47. The van der Waals surface area contributed by atoms with Gasteiger partial charge in [0.25, 0.3) is 11.5 Å². The third-order valence-electron chi connectivity index (χ3n) is 2.82. The number of nitrogens with one attached hydrogen (secondary N) is 2. The Labute approximate surface area is 95.3 Å². The summed E-state index contributed by atoms with van der Waals surface area (Å²) in [5, 5.41) is 1.38. The van der Waals surface area contributed by atoms with Crippen LogP contribution in [-0.2, 0) is 0 Å². The molecule has 84 valence electrons. The molecule has 17 heavy (non-hydrogen) atoms. The predicted octanol–water partition coefficient (Wildman–Crippen LogP) is 1.11. The summed E-state index contributed by atoms with van der Waals surface area (Å²) >= 11 is 0. The van der Waals surface area contributed by atoms with Crippen molar-refractivity contribution in [1.29, 1.82) is 0 Å². The highest BCUT2D eigenvalue weighted by atomic mass is 16.1. The molecule has 2 aromatic heterocycles. The van der Waals surface area contributed by atoms with Crippen LogP contribution in [0.4, 0.5) is 0 Å². The molecule has 3 rings (SSSR count). The van der Waals surface area contributed by atoms with Gasteiger partial charge in [0.05, 0.1) is 5.56 Å². The Balaban J connectivity index is 2.65. The van der Waals surface area contributed by atoms with Gasteiger partial charge in [-0.25, -0.2) is 0 Å². The van der Waals surface area contributed by atoms with E-state index in [0.29, 0.717) is 22.0 Å². The van der Waals surface area contributed by atoms with Gasteiger partial charge in [-0.3, -0.25) is 9.59 Å². The van der Waals surface area contributed by atoms with Crippen LogP contribution >= 0.6 is 0 Å². The molecule has 2 heterocycles. The predicted molar refractivity (Wildman–Crippen MR) is 64.9 cm³/mol. The molecular weight excluding hydrogens is 218 g/mol. The van der Waals surface area contributed by atoms with E-state index in [1.165, 1.54) is 6.20 Å². The monoisotopic (exact) mass is 227 g/mol. The number of nitrogens with two attached hydrogens (primary N) is 1. The van der Waals surface area contributed by atoms with Crippen LogP contribution in [0.25, 0.3) is 21.8 Å². The minimum Gasteiger partial charge on any atom is -0.366 e. The van der Waals surface area contributed by atoms with Crippen molar-refractivity contribution in [2.75, 3.05) is 0 Å². The van der Waals surface area contributed by atoms with E-state index in [0.717, 1.165) is 5.39 Å². The summed E-state index contributed by atoms with van der Waals surface area (Å²) in [6, 6.07) is 7.29. The first-order valence-corrected chi connectivity index (χ1v) is 5.10. The standard InChI is InChI=1S/C12H9N3O2/c13-11(16)7-5-14-10-9(7)6-3-1-2-4-8(6)15-12(10)17/h1-5,14H,(H2,13,16)(H,15,17). The molecule has 0 aliphatic carbocycles. The first-order chi connectivity index (χ1) is 8.18. The van der Waals surface area contributed by atoms with Gasteiger partial charge in [-0.05, 0) is 6.07 Å². The Bertz CT molecular complexity index is 798. The molecule has 0 saturated heterocycles. The number of fused-ring (bicyclic) bond motifs is 3. The summed E-state index contributed by atoms with van der Waals surface area (Å²) < 4.78 is 0. The smallest absolute Gasteiger partial charge is 0.272 e. The Hall–Kier alpha value is -2.56. The van der Waals surface area contributed by atoms with Gasteiger partial charge in [-0.1, -0.05) is 18.2 Å². The molecule has 0 fully saturated rings. The molecule has 1 aromatic carbocycles. The van der Waals surface area contributed by atoms with E-state index < -0.39 is 5.91 Å². The Morgan fingerprint density at radius 3 is 2.76 bits per heavy atom. The molecule has 0 atom stereocenters. The van der Waals surface area contributed by atoms with Crippen molar-refractivity contribution in [2.24, 2.45) is 5.73 Å². The minimum atomic E-state index is -0.549. The molecule has 1 amide bonds. The molecule has 4 N–H and O–H groups in total. The first kappa shape index (κ1) is 9.65. The second-order valence-electron chi connectivity index (χ2n) is 3.82. The van der Waals surface area contributed by atoms with Crippen LogP contribution < -0.4 is 11.3 Å². The second-order valence-corrected chi connectivity index (χ2v) is 3.82. The number of carbonyl (C=O) groups is 1. The second kappa shape index (κ2) is 3.21. The fourth-order valence-electron chi connectivity index (χ4n) is 2.07. The van der Waals surface area contributed by atoms with E-state index in [4.69, 9.17) is 5.73 Å². The zero-order valence-electron chi connectivity index (χ0n) is 8.78. The zero-order chi connectivity index (χ0) is 12.0. The van der Waals surface area contributed by atoms with Crippen molar-refractivity contribution in [3.8, 4) is 0 Å². The van der Waals surface area contributed by atoms with Gasteiger partial charge in [0.2, 0.25) is 0 Å². The first-order valence-electron chi connectivity index (χ1n) is 5.10. The van der Waals surface area contributed by atoms with E-state index >= 15 is 0 Å². The molecule has 5 heteroatoms. The van der Waals surface area contributed by atoms with Gasteiger partial charge in [0.15, 0.2) is 0 Å². The largest absolute Gasteiger partial charge is 0.366 e. The van der Waals surface area contributed by atoms with Crippen LogP contribution in [0.15, 0.2) is 35.3 Å². The SMILES string of the molecule is NC(=O)c1c[nH]c2c(=O)[nH]c3ccccc3c12. The Kier molecular flexibility index (Phi) is 1.82. The molecule has 0 aliphatic rings. The molecule has 0 bridgehead atoms. The van der Waals surface area contributed by atoms with Crippen LogP contribution in [0.1, 0.15) is 10.4 Å². The van der Waals surface area contributed by atoms with Crippen molar-refractivity contribution < 1.29 is 4.79 Å². The van der Waals surface area contributed by atoms with Crippen LogP contribution in [0.5, 0.6) is 0 Å². The minimum absolute atomic E-state index is 0.258. The number of H-pyrrole nitrogens is 2. The molecule has 3 aromatic rings. The van der Waals surface area contributed by atoms with Crippen molar-refractivity contribution in [2.45, 2.75) is 0 Å². The van der Waals surface area contributed by atoms with Crippen LogP contribution in [0.2, 0.25) is 0 Å². The van der Waals surface area contributed by atoms with Crippen molar-refractivity contribution in [3.63, 3.8) is 0 Å². The summed E-state index contributed by atoms with van der Waals surface area (Å²) in [5.41, 5.74) is 6.43. The maximum atomic E-state index is 11.8. The van der Waals surface area contributed by atoms with E-state index in [9.17, 15) is 9.59 Å². The maximum Gasteiger partial charge on any atom is 0.272 e. The van der Waals surface area contributed by atoms with Crippen molar-refractivity contribution in [3.05, 3.63) is 46.4 Å². The quantitative estimate of drug-likeness (QED) is 0.581. The van der Waals surface area contributed by atoms with Crippen LogP contribution in [-0.4, -0.2) is 15.9 Å². The molecule has 0 aliphatic heterocycles. The topological polar surface area (TPSA) is 91.7 Å². The molecule has 0 unspecified atom stereocenters. The highest BCUT2D eigenvalue weighted by Crippen LogP contribution is 2.23. The number of primary amides is 1. The van der Waals surface area contributed by atoms with Gasteiger partial charge >= 0.3 is 0 Å². The van der Waals surface area contributed by atoms with Gasteiger partial charge in [-0.15, -0.1) is 0 Å². The maximum absolute atomic E-state index is 11.8. The number of aromatic amines is 2. The number of hydrogen-bond donors (Lipinski definition) is 3. The van der Waals surface area contributed by atoms with Crippen LogP contribution in [0, 0.1) is 0 Å². The van der Waals surface area contributed by atoms with E-state index in [1.807, 2.05) is 18.2 Å². The molecular formula is C12H9N3O2. The molecule has 0 spiro atoms. The van der Waals surface area contributed by atoms with Gasteiger partial charge < -0.3 is 15.7 Å². The molecule has 0 radical (unpaired) electrons. The summed E-state index contributed by atoms with van der Waals surface area (Å²) in [4.78, 5) is 28.6. The normalized spacial score (nSPS) is 11.1. The fraction of sp³-hybridized carbons (Fsp3) is 0. The van der Waals surface area contributed by atoms with Gasteiger partial charge in [-0.2, -0.15) is 0 Å². The zero-order valence-corrected chi connectivity index (χ0v) is 8.78. The average molecular weight is 227 g/mol. The van der Waals surface area contributed by atoms with Gasteiger partial charge in [0.1, 0.15) is 5.52 Å². The number of pyridine rings is 1. The summed E-state index contributed by atoms with van der Waals surface area (Å²) in [5.74, 6) is -0.549. The van der Waals surface area contributed by atoms with E-state index in [-0.39, 0.29) is 5.56 Å². The van der Waals surface area contributed by atoms with Crippen LogP contribution in [0.3, 0.4) is 0 Å². The molecule has 0 saturated carbocycles. The number of carbonyl (C=O) groups excluding carboxylic acids is 1. The van der Waals surface area contributed by atoms with E-state index in [2.05, 4.69) is 9.97 Å². The third kappa shape index (κ3) is 1.25. The number of hydrogen-bond acceptors (Lipinski definition) is 2. The number of para-hydroxylation sites is 1. The molecule has 5 nitrogen and oxygen atoms in total. The highest BCUT2D eigenvalue weighted by molar-refractivity contribution is 6.15. The number of aromatic nitrogens is 2. The number of amides is 1. The lowest BCUT2D eigenvalue weighted by Gasteiger charge is -2.00. The third-order valence-corrected chi connectivity index (χ3v) is 2.82. The van der Waals surface area contributed by atoms with Crippen molar-refractivity contribution in [1.82, 2.24) is 9.97 Å². The summed E-state index contributed by atoms with van der Waals surface area (Å²) in [6.45, 7) is 0. The number of rotatable bonds is 1. The Morgan fingerprint density at radius 2 is 2.00 bits per heavy atom. The number of benzene rings is 1. The lowest BCUT2D eigenvalue weighted by atomic mass is 10.1. The average Bonchev–Trinajstić information content (AvgIpc) is 2.74. The Morgan fingerprint density at radius 1 is 1.24 bits per heavy atom. The van der Waals surface area contributed by atoms with Crippen molar-refractivity contribution >= 4 is 27.7 Å². The van der Waals surface area contributed by atoms with E-state index in [1.54, 1.807) is 6.07 Å². The lowest BCUT2D eigenvalue weighted by Crippen LogP contribution is -2.11. The lowest BCUT2D eigenvalue weighted by molar-refractivity contribution is 0.100. The fourth-order valence-corrected chi connectivity index (χ4v) is 2.07. The highest BCUT2D eigenvalue weighted by Gasteiger charge is 2.14.